The summed E-state index contributed by atoms with van der Waals surface area (Å²) in [5, 5.41) is 3.25. The number of ether oxygens (including phenoxy) is 3. The van der Waals surface area contributed by atoms with Gasteiger partial charge in [-0.05, 0) is 65.8 Å². The van der Waals surface area contributed by atoms with E-state index in [1.165, 1.54) is 11.8 Å². The van der Waals surface area contributed by atoms with Gasteiger partial charge in [0.1, 0.15) is 16.8 Å². The van der Waals surface area contributed by atoms with Gasteiger partial charge in [0, 0.05) is 30.5 Å². The summed E-state index contributed by atoms with van der Waals surface area (Å²) >= 11 is 1.39. The van der Waals surface area contributed by atoms with Crippen LogP contribution in [-0.4, -0.2) is 70.1 Å². The van der Waals surface area contributed by atoms with Crippen molar-refractivity contribution in [1.82, 2.24) is 14.9 Å². The number of fused-ring (bicyclic) bond motifs is 1. The number of nitrogens with zero attached hydrogens (tertiary/aromatic N) is 3. The van der Waals surface area contributed by atoms with Crippen molar-refractivity contribution in [2.45, 2.75) is 69.9 Å². The third-order valence-corrected chi connectivity index (χ3v) is 6.42. The molecule has 1 N–H and O–H groups in total. The summed E-state index contributed by atoms with van der Waals surface area (Å²) in [6.07, 6.45) is 2.91. The molecule has 2 amide bonds. The number of amides is 2. The highest BCUT2D eigenvalue weighted by molar-refractivity contribution is 7.98. The lowest BCUT2D eigenvalue weighted by atomic mass is 10.0. The molecular formula is C26H34N4O5S. The van der Waals surface area contributed by atoms with E-state index in [0.29, 0.717) is 47.7 Å². The van der Waals surface area contributed by atoms with Gasteiger partial charge in [-0.15, -0.1) is 0 Å². The lowest BCUT2D eigenvalue weighted by Gasteiger charge is -2.36. The van der Waals surface area contributed by atoms with Crippen LogP contribution in [0.4, 0.5) is 10.5 Å². The van der Waals surface area contributed by atoms with Gasteiger partial charge in [0.15, 0.2) is 5.16 Å². The smallest absolute Gasteiger partial charge is 0.412 e. The van der Waals surface area contributed by atoms with Gasteiger partial charge >= 0.3 is 6.09 Å². The van der Waals surface area contributed by atoms with E-state index in [2.05, 4.69) is 10.3 Å². The van der Waals surface area contributed by atoms with Gasteiger partial charge in [0.2, 0.25) is 5.88 Å². The molecule has 1 saturated heterocycles. The molecule has 1 aromatic heterocycles. The maximum atomic E-state index is 14.0. The SMILES string of the molecule is CSc1nc2c(c(-c3ccc(NC(=O)OC(C)(C)C)cc3)n1)C(=O)N(C1CCOCC1)CC(C)(C)O2. The lowest BCUT2D eigenvalue weighted by molar-refractivity contribution is 0.00662. The minimum atomic E-state index is -0.623. The van der Waals surface area contributed by atoms with Crippen LogP contribution in [0.5, 0.6) is 5.88 Å². The normalized spacial score (nSPS) is 18.2. The number of hydrogen-bond acceptors (Lipinski definition) is 8. The summed E-state index contributed by atoms with van der Waals surface area (Å²) in [7, 11) is 0. The summed E-state index contributed by atoms with van der Waals surface area (Å²) in [5.41, 5.74) is 0.946. The van der Waals surface area contributed by atoms with E-state index in [0.717, 1.165) is 18.4 Å². The Morgan fingerprint density at radius 2 is 1.83 bits per heavy atom. The van der Waals surface area contributed by atoms with Crippen LogP contribution in [0.1, 0.15) is 57.8 Å². The van der Waals surface area contributed by atoms with Crippen LogP contribution >= 0.6 is 11.8 Å². The fourth-order valence-electron chi connectivity index (χ4n) is 4.33. The third kappa shape index (κ3) is 6.10. The van der Waals surface area contributed by atoms with Gasteiger partial charge in [-0.1, -0.05) is 23.9 Å². The highest BCUT2D eigenvalue weighted by Crippen LogP contribution is 2.37. The highest BCUT2D eigenvalue weighted by Gasteiger charge is 2.40. The van der Waals surface area contributed by atoms with Crippen LogP contribution in [-0.2, 0) is 9.47 Å². The van der Waals surface area contributed by atoms with E-state index in [-0.39, 0.29) is 11.9 Å². The molecule has 0 radical (unpaired) electrons. The average molecular weight is 515 g/mol. The fraction of sp³-hybridized carbons (Fsp3) is 0.538. The predicted molar refractivity (Wildman–Crippen MR) is 139 cm³/mol. The van der Waals surface area contributed by atoms with Gasteiger partial charge in [0.05, 0.1) is 12.2 Å². The van der Waals surface area contributed by atoms with Crippen LogP contribution in [0.25, 0.3) is 11.3 Å². The van der Waals surface area contributed by atoms with Crippen molar-refractivity contribution in [3.05, 3.63) is 29.8 Å². The van der Waals surface area contributed by atoms with Crippen molar-refractivity contribution in [3.63, 3.8) is 0 Å². The second-order valence-electron chi connectivity index (χ2n) is 10.6. The number of nitrogens with one attached hydrogen (secondary N) is 1. The molecule has 2 aromatic rings. The molecular weight excluding hydrogens is 480 g/mol. The summed E-state index contributed by atoms with van der Waals surface area (Å²) in [5.74, 6) is 0.158. The van der Waals surface area contributed by atoms with Crippen molar-refractivity contribution in [2.75, 3.05) is 31.3 Å². The Bertz CT molecular complexity index is 1120. The number of hydrogen-bond donors (Lipinski definition) is 1. The Morgan fingerprint density at radius 3 is 2.44 bits per heavy atom. The molecule has 1 aromatic carbocycles. The lowest BCUT2D eigenvalue weighted by Crippen LogP contribution is -2.49. The topological polar surface area (TPSA) is 103 Å². The second kappa shape index (κ2) is 10.3. The monoisotopic (exact) mass is 514 g/mol. The van der Waals surface area contributed by atoms with E-state index in [4.69, 9.17) is 19.2 Å². The van der Waals surface area contributed by atoms with Gasteiger partial charge in [0.25, 0.3) is 5.91 Å². The Kier molecular flexibility index (Phi) is 7.47. The van der Waals surface area contributed by atoms with Crippen molar-refractivity contribution < 1.29 is 23.8 Å². The summed E-state index contributed by atoms with van der Waals surface area (Å²) in [4.78, 5) is 37.4. The molecule has 2 aliphatic rings. The first-order valence-corrected chi connectivity index (χ1v) is 13.3. The molecule has 4 rings (SSSR count). The Morgan fingerprint density at radius 1 is 1.17 bits per heavy atom. The average Bonchev–Trinajstić information content (AvgIpc) is 2.91. The zero-order valence-electron chi connectivity index (χ0n) is 21.7. The number of anilines is 1. The largest absolute Gasteiger partial charge is 0.469 e. The first-order valence-electron chi connectivity index (χ1n) is 12.1. The van der Waals surface area contributed by atoms with E-state index >= 15 is 0 Å². The molecule has 2 aliphatic heterocycles. The van der Waals surface area contributed by atoms with Crippen molar-refractivity contribution in [3.8, 4) is 17.1 Å². The number of rotatable bonds is 4. The van der Waals surface area contributed by atoms with Crippen LogP contribution in [0.2, 0.25) is 0 Å². The molecule has 36 heavy (non-hydrogen) atoms. The van der Waals surface area contributed by atoms with Crippen LogP contribution < -0.4 is 10.1 Å². The van der Waals surface area contributed by atoms with Crippen molar-refractivity contribution in [2.24, 2.45) is 0 Å². The van der Waals surface area contributed by atoms with E-state index < -0.39 is 17.3 Å². The Balaban J connectivity index is 1.72. The second-order valence-corrected chi connectivity index (χ2v) is 11.4. The van der Waals surface area contributed by atoms with Crippen LogP contribution in [0.15, 0.2) is 29.4 Å². The molecule has 0 bridgehead atoms. The number of aromatic nitrogens is 2. The molecule has 0 aliphatic carbocycles. The van der Waals surface area contributed by atoms with Crippen LogP contribution in [0, 0.1) is 0 Å². The third-order valence-electron chi connectivity index (χ3n) is 5.87. The maximum Gasteiger partial charge on any atom is 0.412 e. The predicted octanol–water partition coefficient (Wildman–Crippen LogP) is 5.00. The van der Waals surface area contributed by atoms with Crippen molar-refractivity contribution >= 4 is 29.4 Å². The quantitative estimate of drug-likeness (QED) is 0.449. The van der Waals surface area contributed by atoms with E-state index in [1.807, 2.05) is 57.9 Å². The maximum absolute atomic E-state index is 14.0. The zero-order valence-corrected chi connectivity index (χ0v) is 22.5. The van der Waals surface area contributed by atoms with Crippen molar-refractivity contribution in [1.29, 1.82) is 0 Å². The molecule has 10 heteroatoms. The summed E-state index contributed by atoms with van der Waals surface area (Å²) in [6, 6.07) is 7.22. The molecule has 9 nitrogen and oxygen atoms in total. The minimum absolute atomic E-state index is 0.0635. The molecule has 194 valence electrons. The first kappa shape index (κ1) is 26.2. The minimum Gasteiger partial charge on any atom is -0.469 e. The molecule has 0 atom stereocenters. The van der Waals surface area contributed by atoms with E-state index in [1.54, 1.807) is 12.1 Å². The summed E-state index contributed by atoms with van der Waals surface area (Å²) < 4.78 is 17.2. The number of carbonyl (C=O) groups is 2. The Labute approximate surface area is 216 Å². The molecule has 0 unspecified atom stereocenters. The van der Waals surface area contributed by atoms with Gasteiger partial charge in [-0.3, -0.25) is 10.1 Å². The molecule has 0 saturated carbocycles. The van der Waals surface area contributed by atoms with Gasteiger partial charge in [-0.2, -0.15) is 4.98 Å². The standard InChI is InChI=1S/C26H34N4O5S/c1-25(2,3)35-24(32)27-17-9-7-16(8-10-17)20-19-21(29-23(28-20)36-6)34-26(4,5)15-30(22(19)31)18-11-13-33-14-12-18/h7-10,18H,11-15H2,1-6H3,(H,27,32). The molecule has 0 spiro atoms. The number of benzene rings is 1. The number of carbonyl (C=O) groups excluding carboxylic acids is 2. The van der Waals surface area contributed by atoms with E-state index in [9.17, 15) is 9.59 Å². The van der Waals surface area contributed by atoms with Crippen LogP contribution in [0.3, 0.4) is 0 Å². The molecule has 3 heterocycles. The molecule has 1 fully saturated rings. The zero-order chi connectivity index (χ0) is 26.1. The fourth-order valence-corrected chi connectivity index (χ4v) is 4.69. The van der Waals surface area contributed by atoms with Gasteiger partial charge < -0.3 is 19.1 Å². The van der Waals surface area contributed by atoms with Gasteiger partial charge in [-0.25, -0.2) is 9.78 Å². The summed E-state index contributed by atoms with van der Waals surface area (Å²) in [6.45, 7) is 11.1. The first-order chi connectivity index (χ1) is 17.0. The highest BCUT2D eigenvalue weighted by atomic mass is 32.2. The number of thioether (sulfide) groups is 1. The Hall–Kier alpha value is -2.85.